The van der Waals surface area contributed by atoms with Crippen molar-refractivity contribution < 1.29 is 9.90 Å². The van der Waals surface area contributed by atoms with Crippen LogP contribution >= 0.6 is 0 Å². The van der Waals surface area contributed by atoms with Crippen LogP contribution in [0.2, 0.25) is 0 Å². The van der Waals surface area contributed by atoms with E-state index in [0.717, 1.165) is 45.3 Å². The number of piperidine rings is 1. The number of benzene rings is 1. The molecule has 0 aromatic heterocycles. The highest BCUT2D eigenvalue weighted by molar-refractivity contribution is 5.70. The van der Waals surface area contributed by atoms with Crippen LogP contribution in [0.15, 0.2) is 30.3 Å². The van der Waals surface area contributed by atoms with Gasteiger partial charge >= 0.3 is 5.97 Å². The highest BCUT2D eigenvalue weighted by Gasteiger charge is 2.24. The lowest BCUT2D eigenvalue weighted by Crippen LogP contribution is -2.39. The van der Waals surface area contributed by atoms with Gasteiger partial charge in [0.2, 0.25) is 0 Å². The number of hydrogen-bond donors (Lipinski definition) is 1. The van der Waals surface area contributed by atoms with Gasteiger partial charge in [-0.15, -0.1) is 0 Å². The van der Waals surface area contributed by atoms with E-state index in [-0.39, 0.29) is 5.92 Å². The molecule has 0 bridgehead atoms. The van der Waals surface area contributed by atoms with Crippen LogP contribution in [0.5, 0.6) is 0 Å². The van der Waals surface area contributed by atoms with E-state index in [9.17, 15) is 4.79 Å². The van der Waals surface area contributed by atoms with Gasteiger partial charge in [0.25, 0.3) is 0 Å². The highest BCUT2D eigenvalue weighted by Crippen LogP contribution is 2.17. The summed E-state index contributed by atoms with van der Waals surface area (Å²) in [6.07, 6.45) is 5.32. The minimum Gasteiger partial charge on any atom is -0.481 e. The Morgan fingerprint density at radius 2 is 2.05 bits per heavy atom. The van der Waals surface area contributed by atoms with Crippen LogP contribution in [-0.4, -0.2) is 35.6 Å². The first kappa shape index (κ1) is 14.1. The molecule has 19 heavy (non-hydrogen) atoms. The summed E-state index contributed by atoms with van der Waals surface area (Å²) in [5.41, 5.74) is 1.39. The Labute approximate surface area is 115 Å². The maximum atomic E-state index is 11.0. The molecule has 2 rings (SSSR count). The molecular weight excluding hydrogens is 238 g/mol. The molecule has 1 unspecified atom stereocenters. The van der Waals surface area contributed by atoms with Gasteiger partial charge in [-0.05, 0) is 50.8 Å². The van der Waals surface area contributed by atoms with E-state index < -0.39 is 5.97 Å². The molecule has 1 aromatic carbocycles. The number of aliphatic carboxylic acids is 1. The third kappa shape index (κ3) is 4.67. The van der Waals surface area contributed by atoms with E-state index in [1.165, 1.54) is 12.0 Å². The molecule has 1 N–H and O–H groups in total. The van der Waals surface area contributed by atoms with Crippen LogP contribution in [0.3, 0.4) is 0 Å². The molecule has 104 valence electrons. The van der Waals surface area contributed by atoms with Crippen molar-refractivity contribution in [3.63, 3.8) is 0 Å². The average Bonchev–Trinajstić information content (AvgIpc) is 2.45. The van der Waals surface area contributed by atoms with E-state index in [0.29, 0.717) is 0 Å². The van der Waals surface area contributed by atoms with Gasteiger partial charge in [-0.2, -0.15) is 0 Å². The molecule has 1 heterocycles. The molecule has 1 aromatic rings. The van der Waals surface area contributed by atoms with Crippen LogP contribution in [0.4, 0.5) is 0 Å². The molecule has 1 fully saturated rings. The van der Waals surface area contributed by atoms with Crippen molar-refractivity contribution >= 4 is 5.97 Å². The van der Waals surface area contributed by atoms with Gasteiger partial charge in [0.15, 0.2) is 0 Å². The van der Waals surface area contributed by atoms with Gasteiger partial charge in [0, 0.05) is 6.54 Å². The van der Waals surface area contributed by atoms with Crippen molar-refractivity contribution in [1.82, 2.24) is 4.90 Å². The largest absolute Gasteiger partial charge is 0.481 e. The number of rotatable bonds is 6. The smallest absolute Gasteiger partial charge is 0.307 e. The van der Waals surface area contributed by atoms with Crippen molar-refractivity contribution in [2.45, 2.75) is 32.1 Å². The third-order valence-corrected chi connectivity index (χ3v) is 3.89. The fourth-order valence-corrected chi connectivity index (χ4v) is 2.77. The topological polar surface area (TPSA) is 40.5 Å². The second-order valence-electron chi connectivity index (χ2n) is 5.42. The number of unbranched alkanes of at least 4 members (excludes halogenated alkanes) is 1. The molecule has 1 aliphatic heterocycles. The first-order valence-electron chi connectivity index (χ1n) is 7.25. The Morgan fingerprint density at radius 3 is 2.79 bits per heavy atom. The summed E-state index contributed by atoms with van der Waals surface area (Å²) in [5, 5.41) is 9.05. The number of carbonyl (C=O) groups is 1. The van der Waals surface area contributed by atoms with Crippen molar-refractivity contribution in [2.24, 2.45) is 5.92 Å². The zero-order valence-electron chi connectivity index (χ0n) is 11.4. The average molecular weight is 261 g/mol. The van der Waals surface area contributed by atoms with Crippen LogP contribution in [0.1, 0.15) is 31.2 Å². The standard InChI is InChI=1S/C16H23NO2/c18-16(19)15-10-6-12-17(13-15)11-5-4-9-14-7-2-1-3-8-14/h1-3,7-8,15H,4-6,9-13H2,(H,18,19). The quantitative estimate of drug-likeness (QED) is 0.800. The second-order valence-corrected chi connectivity index (χ2v) is 5.42. The zero-order chi connectivity index (χ0) is 13.5. The van der Waals surface area contributed by atoms with E-state index in [2.05, 4.69) is 29.2 Å². The molecule has 1 saturated heterocycles. The lowest BCUT2D eigenvalue weighted by molar-refractivity contribution is -0.143. The van der Waals surface area contributed by atoms with E-state index in [1.54, 1.807) is 0 Å². The SMILES string of the molecule is O=C(O)C1CCCN(CCCCc2ccccc2)C1. The minimum atomic E-state index is -0.631. The molecular formula is C16H23NO2. The number of nitrogens with zero attached hydrogens (tertiary/aromatic N) is 1. The number of carboxylic acids is 1. The number of carboxylic acid groups (broad SMARTS) is 1. The van der Waals surface area contributed by atoms with Crippen LogP contribution < -0.4 is 0 Å². The molecule has 0 radical (unpaired) electrons. The Kier molecular flexibility index (Phi) is 5.40. The van der Waals surface area contributed by atoms with Crippen molar-refractivity contribution in [3.8, 4) is 0 Å². The summed E-state index contributed by atoms with van der Waals surface area (Å²) in [4.78, 5) is 13.3. The summed E-state index contributed by atoms with van der Waals surface area (Å²) in [7, 11) is 0. The second kappa shape index (κ2) is 7.29. The third-order valence-electron chi connectivity index (χ3n) is 3.89. The first-order valence-corrected chi connectivity index (χ1v) is 7.25. The summed E-state index contributed by atoms with van der Waals surface area (Å²) < 4.78 is 0. The summed E-state index contributed by atoms with van der Waals surface area (Å²) >= 11 is 0. The fraction of sp³-hybridized carbons (Fsp3) is 0.562. The molecule has 0 spiro atoms. The molecule has 0 saturated carbocycles. The van der Waals surface area contributed by atoms with Crippen molar-refractivity contribution in [3.05, 3.63) is 35.9 Å². The number of hydrogen-bond acceptors (Lipinski definition) is 2. The van der Waals surface area contributed by atoms with E-state index in [4.69, 9.17) is 5.11 Å². The van der Waals surface area contributed by atoms with E-state index >= 15 is 0 Å². The zero-order valence-corrected chi connectivity index (χ0v) is 11.4. The predicted octanol–water partition coefficient (Wildman–Crippen LogP) is 2.81. The van der Waals surface area contributed by atoms with Gasteiger partial charge in [0.05, 0.1) is 5.92 Å². The Bertz CT molecular complexity index is 391. The number of likely N-dealkylation sites (tertiary alicyclic amines) is 1. The van der Waals surface area contributed by atoms with Gasteiger partial charge in [-0.25, -0.2) is 0 Å². The lowest BCUT2D eigenvalue weighted by atomic mass is 9.98. The molecule has 1 aliphatic rings. The normalized spacial score (nSPS) is 20.3. The fourth-order valence-electron chi connectivity index (χ4n) is 2.77. The Morgan fingerprint density at radius 1 is 1.26 bits per heavy atom. The summed E-state index contributed by atoms with van der Waals surface area (Å²) in [5.74, 6) is -0.781. The summed E-state index contributed by atoms with van der Waals surface area (Å²) in [6.45, 7) is 2.84. The predicted molar refractivity (Wildman–Crippen MR) is 76.2 cm³/mol. The Balaban J connectivity index is 1.64. The van der Waals surface area contributed by atoms with Crippen molar-refractivity contribution in [2.75, 3.05) is 19.6 Å². The maximum Gasteiger partial charge on any atom is 0.307 e. The van der Waals surface area contributed by atoms with Crippen LogP contribution in [0, 0.1) is 5.92 Å². The highest BCUT2D eigenvalue weighted by atomic mass is 16.4. The molecule has 3 nitrogen and oxygen atoms in total. The minimum absolute atomic E-state index is 0.150. The molecule has 3 heteroatoms. The van der Waals surface area contributed by atoms with Gasteiger partial charge in [-0.1, -0.05) is 30.3 Å². The van der Waals surface area contributed by atoms with Gasteiger partial charge in [0.1, 0.15) is 0 Å². The molecule has 0 aliphatic carbocycles. The van der Waals surface area contributed by atoms with Crippen LogP contribution in [0.25, 0.3) is 0 Å². The Hall–Kier alpha value is -1.35. The summed E-state index contributed by atoms with van der Waals surface area (Å²) in [6, 6.07) is 10.5. The van der Waals surface area contributed by atoms with Gasteiger partial charge < -0.3 is 10.0 Å². The van der Waals surface area contributed by atoms with E-state index in [1.807, 2.05) is 6.07 Å². The first-order chi connectivity index (χ1) is 9.25. The number of aryl methyl sites for hydroxylation is 1. The monoisotopic (exact) mass is 261 g/mol. The van der Waals surface area contributed by atoms with Crippen molar-refractivity contribution in [1.29, 1.82) is 0 Å². The maximum absolute atomic E-state index is 11.0. The van der Waals surface area contributed by atoms with Gasteiger partial charge in [-0.3, -0.25) is 4.79 Å². The van der Waals surface area contributed by atoms with Crippen LogP contribution in [-0.2, 0) is 11.2 Å². The molecule has 0 amide bonds. The lowest BCUT2D eigenvalue weighted by Gasteiger charge is -2.30. The molecule has 1 atom stereocenters.